The molecule has 0 bridgehead atoms. The highest BCUT2D eigenvalue weighted by Crippen LogP contribution is 2.08. The van der Waals surface area contributed by atoms with Crippen LogP contribution in [0.3, 0.4) is 0 Å². The van der Waals surface area contributed by atoms with E-state index in [-0.39, 0.29) is 5.69 Å². The summed E-state index contributed by atoms with van der Waals surface area (Å²) in [6.45, 7) is 0. The highest BCUT2D eigenvalue weighted by Gasteiger charge is 2.12. The van der Waals surface area contributed by atoms with Crippen molar-refractivity contribution < 1.29 is 14.0 Å². The molecule has 2 amide bonds. The van der Waals surface area contributed by atoms with Gasteiger partial charge in [-0.2, -0.15) is 5.10 Å². The lowest BCUT2D eigenvalue weighted by Crippen LogP contribution is -2.32. The van der Waals surface area contributed by atoms with Gasteiger partial charge in [0.2, 0.25) is 0 Å². The van der Waals surface area contributed by atoms with Crippen LogP contribution in [0.2, 0.25) is 0 Å². The molecule has 0 heterocycles. The van der Waals surface area contributed by atoms with E-state index in [9.17, 15) is 14.0 Å². The number of benzene rings is 2. The first kappa shape index (κ1) is 14.4. The second kappa shape index (κ2) is 6.95. The molecule has 2 rings (SSSR count). The molecule has 2 N–H and O–H groups in total. The molecule has 0 atom stereocenters. The second-order valence-corrected chi connectivity index (χ2v) is 4.07. The zero-order valence-corrected chi connectivity index (χ0v) is 10.9. The van der Waals surface area contributed by atoms with Gasteiger partial charge in [-0.1, -0.05) is 36.4 Å². The molecule has 0 aliphatic rings. The van der Waals surface area contributed by atoms with Gasteiger partial charge in [-0.25, -0.2) is 9.82 Å². The summed E-state index contributed by atoms with van der Waals surface area (Å²) in [5.41, 5.74) is 3.07. The van der Waals surface area contributed by atoms with Crippen molar-refractivity contribution in [3.63, 3.8) is 0 Å². The first-order valence-corrected chi connectivity index (χ1v) is 6.10. The lowest BCUT2D eigenvalue weighted by Gasteiger charge is -2.03. The number of hydrogen-bond acceptors (Lipinski definition) is 3. The van der Waals surface area contributed by atoms with E-state index < -0.39 is 17.6 Å². The highest BCUT2D eigenvalue weighted by atomic mass is 19.1. The van der Waals surface area contributed by atoms with E-state index in [1.807, 2.05) is 18.2 Å². The molecule has 2 aromatic rings. The predicted octanol–water partition coefficient (Wildman–Crippen LogP) is 1.91. The molecule has 0 unspecified atom stereocenters. The standard InChI is InChI=1S/C15H12FN3O2/c16-12-7-4-8-13(9-12)18-14(20)15(21)19-17-10-11-5-2-1-3-6-11/h1-10H,(H,18,20)(H,19,21)/b17-10+. The van der Waals surface area contributed by atoms with Crippen molar-refractivity contribution in [3.8, 4) is 0 Å². The minimum absolute atomic E-state index is 0.196. The molecule has 0 saturated heterocycles. The van der Waals surface area contributed by atoms with E-state index in [1.165, 1.54) is 24.4 Å². The summed E-state index contributed by atoms with van der Waals surface area (Å²) in [4.78, 5) is 23.0. The second-order valence-electron chi connectivity index (χ2n) is 4.07. The summed E-state index contributed by atoms with van der Waals surface area (Å²) in [5.74, 6) is -2.37. The van der Waals surface area contributed by atoms with Crippen LogP contribution in [-0.4, -0.2) is 18.0 Å². The maximum absolute atomic E-state index is 12.9. The van der Waals surface area contributed by atoms with Crippen molar-refractivity contribution in [3.05, 3.63) is 66.0 Å². The Kier molecular flexibility index (Phi) is 4.76. The number of carbonyl (C=O) groups is 2. The van der Waals surface area contributed by atoms with Crippen molar-refractivity contribution >= 4 is 23.7 Å². The summed E-state index contributed by atoms with van der Waals surface area (Å²) in [5, 5.41) is 5.93. The van der Waals surface area contributed by atoms with Crippen molar-refractivity contribution in [2.45, 2.75) is 0 Å². The molecule has 0 aromatic heterocycles. The van der Waals surface area contributed by atoms with E-state index in [2.05, 4.69) is 15.8 Å². The molecule has 0 fully saturated rings. The zero-order valence-electron chi connectivity index (χ0n) is 10.9. The molecule has 6 heteroatoms. The molecule has 2 aromatic carbocycles. The van der Waals surface area contributed by atoms with Crippen LogP contribution in [0.4, 0.5) is 10.1 Å². The molecular weight excluding hydrogens is 273 g/mol. The Morgan fingerprint density at radius 1 is 1.00 bits per heavy atom. The van der Waals surface area contributed by atoms with Crippen molar-refractivity contribution in [1.29, 1.82) is 0 Å². The van der Waals surface area contributed by atoms with Crippen molar-refractivity contribution in [2.75, 3.05) is 5.32 Å². The Morgan fingerprint density at radius 3 is 2.48 bits per heavy atom. The number of nitrogens with zero attached hydrogens (tertiary/aromatic N) is 1. The Balaban J connectivity index is 1.88. The fourth-order valence-corrected chi connectivity index (χ4v) is 1.51. The Hall–Kier alpha value is -3.02. The van der Waals surface area contributed by atoms with Gasteiger partial charge in [0.25, 0.3) is 0 Å². The molecule has 0 spiro atoms. The summed E-state index contributed by atoms with van der Waals surface area (Å²) in [6, 6.07) is 14.3. The number of hydrazone groups is 1. The summed E-state index contributed by atoms with van der Waals surface area (Å²) in [7, 11) is 0. The molecule has 0 saturated carbocycles. The quantitative estimate of drug-likeness (QED) is 0.514. The topological polar surface area (TPSA) is 70.6 Å². The zero-order chi connectivity index (χ0) is 15.1. The van der Waals surface area contributed by atoms with Crippen LogP contribution in [0.5, 0.6) is 0 Å². The van der Waals surface area contributed by atoms with Crippen LogP contribution in [0.25, 0.3) is 0 Å². The number of nitrogens with one attached hydrogen (secondary N) is 2. The Morgan fingerprint density at radius 2 is 1.76 bits per heavy atom. The fourth-order valence-electron chi connectivity index (χ4n) is 1.51. The molecule has 0 aliphatic heterocycles. The van der Waals surface area contributed by atoms with Gasteiger partial charge in [0.1, 0.15) is 5.82 Å². The van der Waals surface area contributed by atoms with Gasteiger partial charge < -0.3 is 5.32 Å². The van der Waals surface area contributed by atoms with Gasteiger partial charge in [0.05, 0.1) is 6.21 Å². The van der Waals surface area contributed by atoms with Gasteiger partial charge in [-0.15, -0.1) is 0 Å². The fraction of sp³-hybridized carbons (Fsp3) is 0. The molecule has 0 radical (unpaired) electrons. The molecule has 21 heavy (non-hydrogen) atoms. The maximum Gasteiger partial charge on any atom is 0.329 e. The number of hydrogen-bond donors (Lipinski definition) is 2. The first-order chi connectivity index (χ1) is 10.1. The monoisotopic (exact) mass is 285 g/mol. The van der Waals surface area contributed by atoms with Crippen LogP contribution in [-0.2, 0) is 9.59 Å². The third-order valence-electron chi connectivity index (χ3n) is 2.47. The average molecular weight is 285 g/mol. The highest BCUT2D eigenvalue weighted by molar-refractivity contribution is 6.39. The number of carbonyl (C=O) groups excluding carboxylic acids is 2. The normalized spacial score (nSPS) is 10.3. The van der Waals surface area contributed by atoms with Crippen LogP contribution in [0.1, 0.15) is 5.56 Å². The summed E-state index contributed by atoms with van der Waals surface area (Å²) >= 11 is 0. The molecular formula is C15H12FN3O2. The van der Waals surface area contributed by atoms with Gasteiger partial charge >= 0.3 is 11.8 Å². The number of halogens is 1. The van der Waals surface area contributed by atoms with Crippen LogP contribution in [0.15, 0.2) is 59.7 Å². The number of rotatable bonds is 3. The largest absolute Gasteiger partial charge is 0.329 e. The summed E-state index contributed by atoms with van der Waals surface area (Å²) < 4.78 is 12.9. The van der Waals surface area contributed by atoms with Gasteiger partial charge in [0, 0.05) is 5.69 Å². The van der Waals surface area contributed by atoms with E-state index >= 15 is 0 Å². The van der Waals surface area contributed by atoms with E-state index in [0.717, 1.165) is 11.6 Å². The number of anilines is 1. The molecule has 106 valence electrons. The van der Waals surface area contributed by atoms with Crippen LogP contribution in [0, 0.1) is 5.82 Å². The number of amides is 2. The summed E-state index contributed by atoms with van der Waals surface area (Å²) in [6.07, 6.45) is 1.41. The smallest absolute Gasteiger partial charge is 0.318 e. The van der Waals surface area contributed by atoms with E-state index in [1.54, 1.807) is 12.1 Å². The van der Waals surface area contributed by atoms with Gasteiger partial charge in [0.15, 0.2) is 0 Å². The SMILES string of the molecule is O=C(N/N=C/c1ccccc1)C(=O)Nc1cccc(F)c1. The van der Waals surface area contributed by atoms with E-state index in [0.29, 0.717) is 0 Å². The Labute approximate surface area is 120 Å². The molecule has 5 nitrogen and oxygen atoms in total. The third-order valence-corrected chi connectivity index (χ3v) is 2.47. The van der Waals surface area contributed by atoms with Gasteiger partial charge in [-0.05, 0) is 23.8 Å². The van der Waals surface area contributed by atoms with Crippen LogP contribution < -0.4 is 10.7 Å². The molecule has 0 aliphatic carbocycles. The lowest BCUT2D eigenvalue weighted by atomic mass is 10.2. The third kappa shape index (κ3) is 4.54. The lowest BCUT2D eigenvalue weighted by molar-refractivity contribution is -0.136. The first-order valence-electron chi connectivity index (χ1n) is 6.10. The Bertz CT molecular complexity index is 672. The minimum atomic E-state index is -0.938. The van der Waals surface area contributed by atoms with Gasteiger partial charge in [-0.3, -0.25) is 9.59 Å². The minimum Gasteiger partial charge on any atom is -0.318 e. The predicted molar refractivity (Wildman–Crippen MR) is 77.2 cm³/mol. The maximum atomic E-state index is 12.9. The van der Waals surface area contributed by atoms with Crippen LogP contribution >= 0.6 is 0 Å². The van der Waals surface area contributed by atoms with Crippen molar-refractivity contribution in [2.24, 2.45) is 5.10 Å². The average Bonchev–Trinajstić information content (AvgIpc) is 2.48. The van der Waals surface area contributed by atoms with E-state index in [4.69, 9.17) is 0 Å². The van der Waals surface area contributed by atoms with Crippen molar-refractivity contribution in [1.82, 2.24) is 5.43 Å².